The topological polar surface area (TPSA) is 67.4 Å². The second-order valence-electron chi connectivity index (χ2n) is 7.59. The highest BCUT2D eigenvalue weighted by atomic mass is 32.1. The lowest BCUT2D eigenvalue weighted by atomic mass is 9.86. The summed E-state index contributed by atoms with van der Waals surface area (Å²) < 4.78 is 5.75. The summed E-state index contributed by atoms with van der Waals surface area (Å²) in [5.74, 6) is 0.313. The average molecular weight is 409 g/mol. The van der Waals surface area contributed by atoms with Crippen LogP contribution in [-0.2, 0) is 10.2 Å². The molecule has 6 heteroatoms. The van der Waals surface area contributed by atoms with Crippen LogP contribution in [0.4, 0.5) is 11.4 Å². The summed E-state index contributed by atoms with van der Waals surface area (Å²) in [7, 11) is 0. The van der Waals surface area contributed by atoms with Gasteiger partial charge in [0.1, 0.15) is 5.75 Å². The Labute approximate surface area is 174 Å². The Morgan fingerprint density at radius 2 is 1.55 bits per heavy atom. The molecular weight excluding hydrogens is 384 g/mol. The third kappa shape index (κ3) is 5.68. The van der Waals surface area contributed by atoms with Gasteiger partial charge in [0.05, 0.1) is 4.88 Å². The number of nitrogens with one attached hydrogen (secondary N) is 2. The SMILES string of the molecule is CC(C)(C)c1ccccc1OCC(=O)Nc1ccc(NC(=O)c2cccs2)cc1. The summed E-state index contributed by atoms with van der Waals surface area (Å²) in [6.45, 7) is 6.24. The van der Waals surface area contributed by atoms with E-state index in [0.717, 1.165) is 5.56 Å². The van der Waals surface area contributed by atoms with Crippen molar-refractivity contribution < 1.29 is 14.3 Å². The maximum Gasteiger partial charge on any atom is 0.265 e. The molecule has 0 aliphatic carbocycles. The lowest BCUT2D eigenvalue weighted by Gasteiger charge is -2.22. The predicted octanol–water partition coefficient (Wildman–Crippen LogP) is 5.32. The number of rotatable bonds is 6. The summed E-state index contributed by atoms with van der Waals surface area (Å²) in [4.78, 5) is 25.0. The van der Waals surface area contributed by atoms with Crippen LogP contribution >= 0.6 is 11.3 Å². The van der Waals surface area contributed by atoms with Gasteiger partial charge in [-0.05, 0) is 52.8 Å². The van der Waals surface area contributed by atoms with E-state index >= 15 is 0 Å². The van der Waals surface area contributed by atoms with E-state index in [2.05, 4.69) is 31.4 Å². The normalized spacial score (nSPS) is 11.0. The van der Waals surface area contributed by atoms with Crippen molar-refractivity contribution in [3.8, 4) is 5.75 Å². The van der Waals surface area contributed by atoms with Crippen molar-refractivity contribution in [1.82, 2.24) is 0 Å². The average Bonchev–Trinajstić information content (AvgIpc) is 3.22. The molecule has 1 aromatic heterocycles. The summed E-state index contributed by atoms with van der Waals surface area (Å²) in [6, 6.07) is 18.3. The Kier molecular flexibility index (Phi) is 6.34. The number of anilines is 2. The first-order chi connectivity index (χ1) is 13.8. The van der Waals surface area contributed by atoms with E-state index in [1.165, 1.54) is 11.3 Å². The van der Waals surface area contributed by atoms with Crippen molar-refractivity contribution in [1.29, 1.82) is 0 Å². The zero-order valence-electron chi connectivity index (χ0n) is 16.7. The Morgan fingerprint density at radius 1 is 0.897 bits per heavy atom. The zero-order valence-corrected chi connectivity index (χ0v) is 17.5. The van der Waals surface area contributed by atoms with Gasteiger partial charge in [0.15, 0.2) is 6.61 Å². The van der Waals surface area contributed by atoms with Gasteiger partial charge in [0, 0.05) is 11.4 Å². The molecule has 2 N–H and O–H groups in total. The van der Waals surface area contributed by atoms with E-state index in [-0.39, 0.29) is 23.8 Å². The lowest BCUT2D eigenvalue weighted by Crippen LogP contribution is -2.22. The smallest absolute Gasteiger partial charge is 0.265 e. The van der Waals surface area contributed by atoms with Gasteiger partial charge in [-0.3, -0.25) is 9.59 Å². The van der Waals surface area contributed by atoms with Gasteiger partial charge in [0.25, 0.3) is 11.8 Å². The molecule has 0 radical (unpaired) electrons. The minimum atomic E-state index is -0.246. The van der Waals surface area contributed by atoms with Gasteiger partial charge in [-0.1, -0.05) is 45.0 Å². The van der Waals surface area contributed by atoms with Crippen LogP contribution in [0.5, 0.6) is 5.75 Å². The van der Waals surface area contributed by atoms with Crippen LogP contribution in [0.1, 0.15) is 36.0 Å². The summed E-state index contributed by atoms with van der Waals surface area (Å²) >= 11 is 1.38. The van der Waals surface area contributed by atoms with Crippen molar-refractivity contribution in [2.45, 2.75) is 26.2 Å². The summed E-state index contributed by atoms with van der Waals surface area (Å²) in [6.07, 6.45) is 0. The monoisotopic (exact) mass is 408 g/mol. The number of carbonyl (C=O) groups is 2. The van der Waals surface area contributed by atoms with Crippen LogP contribution in [0.15, 0.2) is 66.0 Å². The molecule has 0 fully saturated rings. The number of thiophene rings is 1. The number of hydrogen-bond donors (Lipinski definition) is 2. The van der Waals surface area contributed by atoms with Crippen LogP contribution in [0, 0.1) is 0 Å². The molecular formula is C23H24N2O3S. The van der Waals surface area contributed by atoms with E-state index in [0.29, 0.717) is 22.0 Å². The van der Waals surface area contributed by atoms with Crippen molar-refractivity contribution in [3.05, 3.63) is 76.5 Å². The molecule has 2 amide bonds. The quantitative estimate of drug-likeness (QED) is 0.580. The van der Waals surface area contributed by atoms with E-state index in [9.17, 15) is 9.59 Å². The molecule has 0 saturated carbocycles. The van der Waals surface area contributed by atoms with Crippen molar-refractivity contribution in [2.75, 3.05) is 17.2 Å². The summed E-state index contributed by atoms with van der Waals surface area (Å²) in [5, 5.41) is 7.49. The largest absolute Gasteiger partial charge is 0.483 e. The van der Waals surface area contributed by atoms with E-state index in [1.54, 1.807) is 30.3 Å². The molecule has 0 aliphatic rings. The first-order valence-corrected chi connectivity index (χ1v) is 10.2. The number of benzene rings is 2. The van der Waals surface area contributed by atoms with Gasteiger partial charge in [-0.2, -0.15) is 0 Å². The van der Waals surface area contributed by atoms with Gasteiger partial charge in [-0.25, -0.2) is 0 Å². The minimum Gasteiger partial charge on any atom is -0.483 e. The van der Waals surface area contributed by atoms with E-state index < -0.39 is 0 Å². The number of para-hydroxylation sites is 1. The fourth-order valence-corrected chi connectivity index (χ4v) is 3.41. The Balaban J connectivity index is 1.54. The predicted molar refractivity (Wildman–Crippen MR) is 118 cm³/mol. The molecule has 29 heavy (non-hydrogen) atoms. The molecule has 0 aliphatic heterocycles. The Morgan fingerprint density at radius 3 is 2.17 bits per heavy atom. The molecule has 0 unspecified atom stereocenters. The molecule has 150 valence electrons. The molecule has 2 aromatic carbocycles. The van der Waals surface area contributed by atoms with E-state index in [4.69, 9.17) is 4.74 Å². The van der Waals surface area contributed by atoms with Crippen molar-refractivity contribution >= 4 is 34.5 Å². The Bertz CT molecular complexity index is 974. The van der Waals surface area contributed by atoms with Crippen LogP contribution in [-0.4, -0.2) is 18.4 Å². The van der Waals surface area contributed by atoms with Gasteiger partial charge >= 0.3 is 0 Å². The first-order valence-electron chi connectivity index (χ1n) is 9.30. The number of ether oxygens (including phenoxy) is 1. The molecule has 0 atom stereocenters. The molecule has 1 heterocycles. The molecule has 3 rings (SSSR count). The van der Waals surface area contributed by atoms with Crippen LogP contribution in [0.3, 0.4) is 0 Å². The lowest BCUT2D eigenvalue weighted by molar-refractivity contribution is -0.118. The van der Waals surface area contributed by atoms with Gasteiger partial charge in [-0.15, -0.1) is 11.3 Å². The Hall–Kier alpha value is -3.12. The third-order valence-corrected chi connectivity index (χ3v) is 5.09. The third-order valence-electron chi connectivity index (χ3n) is 4.23. The second-order valence-corrected chi connectivity index (χ2v) is 8.54. The number of carbonyl (C=O) groups excluding carboxylic acids is 2. The standard InChI is InChI=1S/C23H24N2O3S/c1-23(2,3)18-7-4-5-8-19(18)28-15-21(26)24-16-10-12-17(13-11-16)25-22(27)20-9-6-14-29-20/h4-14H,15H2,1-3H3,(H,24,26)(H,25,27). The minimum absolute atomic E-state index is 0.0730. The van der Waals surface area contributed by atoms with Gasteiger partial charge < -0.3 is 15.4 Å². The fourth-order valence-electron chi connectivity index (χ4n) is 2.79. The first kappa shape index (κ1) is 20.6. The second kappa shape index (κ2) is 8.92. The van der Waals surface area contributed by atoms with Crippen molar-refractivity contribution in [3.63, 3.8) is 0 Å². The maximum atomic E-state index is 12.3. The molecule has 0 bridgehead atoms. The number of hydrogen-bond acceptors (Lipinski definition) is 4. The van der Waals surface area contributed by atoms with Gasteiger partial charge in [0.2, 0.25) is 0 Å². The number of amides is 2. The van der Waals surface area contributed by atoms with Crippen LogP contribution in [0.25, 0.3) is 0 Å². The van der Waals surface area contributed by atoms with Crippen LogP contribution < -0.4 is 15.4 Å². The van der Waals surface area contributed by atoms with Crippen molar-refractivity contribution in [2.24, 2.45) is 0 Å². The van der Waals surface area contributed by atoms with Crippen LogP contribution in [0.2, 0.25) is 0 Å². The zero-order chi connectivity index (χ0) is 20.9. The summed E-state index contributed by atoms with van der Waals surface area (Å²) in [5.41, 5.74) is 2.28. The molecule has 3 aromatic rings. The molecule has 0 spiro atoms. The van der Waals surface area contributed by atoms with E-state index in [1.807, 2.05) is 35.7 Å². The maximum absolute atomic E-state index is 12.3. The molecule has 5 nitrogen and oxygen atoms in total. The highest BCUT2D eigenvalue weighted by Gasteiger charge is 2.19. The highest BCUT2D eigenvalue weighted by molar-refractivity contribution is 7.12. The molecule has 0 saturated heterocycles. The fraction of sp³-hybridized carbons (Fsp3) is 0.217. The highest BCUT2D eigenvalue weighted by Crippen LogP contribution is 2.30.